The summed E-state index contributed by atoms with van der Waals surface area (Å²) in [6.45, 7) is 0.190. The minimum absolute atomic E-state index is 0.0529. The fourth-order valence-corrected chi connectivity index (χ4v) is 3.28. The van der Waals surface area contributed by atoms with Gasteiger partial charge in [-0.25, -0.2) is 0 Å². The van der Waals surface area contributed by atoms with Gasteiger partial charge in [-0.15, -0.1) is 0 Å². The lowest BCUT2D eigenvalue weighted by atomic mass is 10.1. The van der Waals surface area contributed by atoms with E-state index in [9.17, 15) is 18.0 Å². The van der Waals surface area contributed by atoms with Gasteiger partial charge in [0.05, 0.1) is 12.7 Å². The molecule has 0 unspecified atom stereocenters. The molecule has 0 spiro atoms. The van der Waals surface area contributed by atoms with Gasteiger partial charge in [-0.05, 0) is 48.0 Å². The summed E-state index contributed by atoms with van der Waals surface area (Å²) in [5.41, 5.74) is 0.427. The van der Waals surface area contributed by atoms with Crippen LogP contribution in [-0.4, -0.2) is 12.9 Å². The molecule has 3 aromatic rings. The van der Waals surface area contributed by atoms with Crippen LogP contribution in [0.15, 0.2) is 66.7 Å². The highest BCUT2D eigenvalue weighted by atomic mass is 35.5. The lowest BCUT2D eigenvalue weighted by molar-refractivity contribution is -0.137. The van der Waals surface area contributed by atoms with Crippen LogP contribution in [0.4, 0.5) is 13.2 Å². The number of ether oxygens (including phenoxy) is 2. The lowest BCUT2D eigenvalue weighted by Crippen LogP contribution is -2.06. The van der Waals surface area contributed by atoms with Crippen molar-refractivity contribution in [3.05, 3.63) is 99.0 Å². The summed E-state index contributed by atoms with van der Waals surface area (Å²) in [7, 11) is 1.47. The number of carbonyl (C=O) groups excluding carboxylic acids is 1. The van der Waals surface area contributed by atoms with E-state index in [2.05, 4.69) is 0 Å². The number of benzene rings is 3. The average Bonchev–Trinajstić information content (AvgIpc) is 2.76. The van der Waals surface area contributed by atoms with Crippen LogP contribution < -0.4 is 9.47 Å². The van der Waals surface area contributed by atoms with E-state index in [0.29, 0.717) is 27.1 Å². The van der Waals surface area contributed by atoms with Crippen molar-refractivity contribution in [1.29, 1.82) is 0 Å². The maximum Gasteiger partial charge on any atom is 0.416 e. The predicted octanol–water partition coefficient (Wildman–Crippen LogP) is 7.50. The van der Waals surface area contributed by atoms with Crippen molar-refractivity contribution in [2.45, 2.75) is 12.8 Å². The van der Waals surface area contributed by atoms with Gasteiger partial charge >= 0.3 is 6.18 Å². The Morgan fingerprint density at radius 1 is 1.00 bits per heavy atom. The van der Waals surface area contributed by atoms with Gasteiger partial charge in [0.1, 0.15) is 6.61 Å². The maximum atomic E-state index is 12.8. The summed E-state index contributed by atoms with van der Waals surface area (Å²) >= 11 is 12.0. The largest absolute Gasteiger partial charge is 0.493 e. The highest BCUT2D eigenvalue weighted by Crippen LogP contribution is 2.31. The number of rotatable bonds is 7. The third kappa shape index (κ3) is 6.05. The maximum absolute atomic E-state index is 12.8. The van der Waals surface area contributed by atoms with E-state index in [1.54, 1.807) is 36.4 Å². The first kappa shape index (κ1) is 23.7. The molecule has 0 radical (unpaired) electrons. The third-order valence-corrected chi connectivity index (χ3v) is 5.07. The number of carbonyl (C=O) groups is 1. The summed E-state index contributed by atoms with van der Waals surface area (Å²) in [6, 6.07) is 14.4. The third-order valence-electron chi connectivity index (χ3n) is 4.49. The summed E-state index contributed by atoms with van der Waals surface area (Å²) in [6.07, 6.45) is -1.82. The first-order chi connectivity index (χ1) is 15.2. The van der Waals surface area contributed by atoms with Gasteiger partial charge in [0, 0.05) is 21.2 Å². The first-order valence-corrected chi connectivity index (χ1v) is 10.1. The first-order valence-electron chi connectivity index (χ1n) is 9.32. The smallest absolute Gasteiger partial charge is 0.416 e. The minimum atomic E-state index is -4.51. The molecule has 0 aliphatic heterocycles. The molecule has 0 fully saturated rings. The number of hydrogen-bond donors (Lipinski definition) is 0. The SMILES string of the molecule is COc1cc(C=CC(=O)c2cccc(C(F)(F)F)c2)ccc1OCc1ccc(Cl)cc1Cl. The molecule has 0 saturated carbocycles. The van der Waals surface area contributed by atoms with Crippen LogP contribution in [0.3, 0.4) is 0 Å². The second kappa shape index (κ2) is 10.1. The number of hydrogen-bond acceptors (Lipinski definition) is 3. The van der Waals surface area contributed by atoms with Gasteiger partial charge in [0.2, 0.25) is 0 Å². The molecule has 3 nitrogen and oxygen atoms in total. The Morgan fingerprint density at radius 2 is 1.78 bits per heavy atom. The van der Waals surface area contributed by atoms with E-state index < -0.39 is 17.5 Å². The highest BCUT2D eigenvalue weighted by Gasteiger charge is 2.30. The summed E-state index contributed by atoms with van der Waals surface area (Å²) < 4.78 is 49.7. The van der Waals surface area contributed by atoms with Gasteiger partial charge < -0.3 is 9.47 Å². The number of alkyl halides is 3. The second-order valence-corrected chi connectivity index (χ2v) is 7.55. The van der Waals surface area contributed by atoms with E-state index in [1.807, 2.05) is 0 Å². The van der Waals surface area contributed by atoms with Crippen LogP contribution in [-0.2, 0) is 12.8 Å². The second-order valence-electron chi connectivity index (χ2n) is 6.71. The molecule has 0 amide bonds. The molecule has 0 aromatic heterocycles. The summed E-state index contributed by atoms with van der Waals surface area (Å²) in [5.74, 6) is 0.330. The lowest BCUT2D eigenvalue weighted by Gasteiger charge is -2.12. The number of halogens is 5. The van der Waals surface area contributed by atoms with Crippen molar-refractivity contribution >= 4 is 35.1 Å². The monoisotopic (exact) mass is 480 g/mol. The zero-order valence-corrected chi connectivity index (χ0v) is 18.3. The Bertz CT molecular complexity index is 1160. The fourth-order valence-electron chi connectivity index (χ4n) is 2.82. The van der Waals surface area contributed by atoms with Gasteiger partial charge in [-0.2, -0.15) is 13.2 Å². The van der Waals surface area contributed by atoms with Crippen LogP contribution in [0.25, 0.3) is 6.08 Å². The molecule has 32 heavy (non-hydrogen) atoms. The number of ketones is 1. The minimum Gasteiger partial charge on any atom is -0.493 e. The molecule has 3 aromatic carbocycles. The van der Waals surface area contributed by atoms with Crippen LogP contribution >= 0.6 is 23.2 Å². The van der Waals surface area contributed by atoms with E-state index in [-0.39, 0.29) is 12.2 Å². The van der Waals surface area contributed by atoms with E-state index in [1.165, 1.54) is 31.4 Å². The Morgan fingerprint density at radius 3 is 2.47 bits per heavy atom. The van der Waals surface area contributed by atoms with Crippen molar-refractivity contribution in [2.24, 2.45) is 0 Å². The van der Waals surface area contributed by atoms with Gasteiger partial charge in [0.15, 0.2) is 17.3 Å². The molecule has 0 bridgehead atoms. The van der Waals surface area contributed by atoms with Crippen molar-refractivity contribution in [2.75, 3.05) is 7.11 Å². The van der Waals surface area contributed by atoms with Crippen molar-refractivity contribution in [3.8, 4) is 11.5 Å². The average molecular weight is 481 g/mol. The zero-order valence-electron chi connectivity index (χ0n) is 16.7. The Hall–Kier alpha value is -2.96. The Labute approximate surface area is 193 Å². The normalized spacial score (nSPS) is 11.6. The number of allylic oxidation sites excluding steroid dienone is 1. The molecule has 0 atom stereocenters. The fraction of sp³-hybridized carbons (Fsp3) is 0.125. The molecule has 0 aliphatic carbocycles. The van der Waals surface area contributed by atoms with Crippen LogP contribution in [0.2, 0.25) is 10.0 Å². The molecule has 3 rings (SSSR count). The van der Waals surface area contributed by atoms with Gasteiger partial charge in [0.25, 0.3) is 0 Å². The molecule has 0 N–H and O–H groups in total. The molecular formula is C24H17Cl2F3O3. The van der Waals surface area contributed by atoms with Crippen molar-refractivity contribution in [3.63, 3.8) is 0 Å². The van der Waals surface area contributed by atoms with E-state index in [0.717, 1.165) is 17.7 Å². The van der Waals surface area contributed by atoms with E-state index in [4.69, 9.17) is 32.7 Å². The van der Waals surface area contributed by atoms with Crippen LogP contribution in [0.1, 0.15) is 27.0 Å². The molecule has 8 heteroatoms. The predicted molar refractivity (Wildman–Crippen MR) is 119 cm³/mol. The van der Waals surface area contributed by atoms with Gasteiger partial charge in [-0.1, -0.05) is 53.5 Å². The molecular weight excluding hydrogens is 464 g/mol. The quantitative estimate of drug-likeness (QED) is 0.259. The molecule has 0 aliphatic rings. The summed E-state index contributed by atoms with van der Waals surface area (Å²) in [4.78, 5) is 12.3. The van der Waals surface area contributed by atoms with Gasteiger partial charge in [-0.3, -0.25) is 4.79 Å². The highest BCUT2D eigenvalue weighted by molar-refractivity contribution is 6.35. The zero-order chi connectivity index (χ0) is 23.3. The van der Waals surface area contributed by atoms with Crippen LogP contribution in [0.5, 0.6) is 11.5 Å². The summed E-state index contributed by atoms with van der Waals surface area (Å²) in [5, 5.41) is 0.997. The molecule has 166 valence electrons. The van der Waals surface area contributed by atoms with Crippen molar-refractivity contribution < 1.29 is 27.4 Å². The topological polar surface area (TPSA) is 35.5 Å². The van der Waals surface area contributed by atoms with Crippen LogP contribution in [0, 0.1) is 0 Å². The number of methoxy groups -OCH3 is 1. The standard InChI is InChI=1S/C24H17Cl2F3O3/c1-31-23-11-15(5-9-21(30)16-3-2-4-18(12-16)24(27,28)29)6-10-22(23)32-14-17-7-8-19(25)13-20(17)26/h2-13H,14H2,1H3. The van der Waals surface area contributed by atoms with Crippen molar-refractivity contribution in [1.82, 2.24) is 0 Å². The Kier molecular flexibility index (Phi) is 7.48. The Balaban J connectivity index is 1.72. The molecule has 0 heterocycles. The van der Waals surface area contributed by atoms with E-state index >= 15 is 0 Å². The molecule has 0 saturated heterocycles.